The molecule has 1 aliphatic rings. The van der Waals surface area contributed by atoms with Gasteiger partial charge in [-0.1, -0.05) is 48.5 Å². The average molecular weight is 411 g/mol. The molecule has 1 aliphatic heterocycles. The number of carbonyl (C=O) groups is 1. The van der Waals surface area contributed by atoms with Crippen molar-refractivity contribution in [1.82, 2.24) is 4.57 Å². The van der Waals surface area contributed by atoms with E-state index in [-0.39, 0.29) is 16.5 Å². The molecule has 0 radical (unpaired) electrons. The first-order valence-corrected chi connectivity index (χ1v) is 10.3. The van der Waals surface area contributed by atoms with Crippen LogP contribution in [0.2, 0.25) is 0 Å². The summed E-state index contributed by atoms with van der Waals surface area (Å²) >= 11 is 0. The molecular weight excluding hydrogens is 390 g/mol. The van der Waals surface area contributed by atoms with Crippen LogP contribution in [0.15, 0.2) is 78.9 Å². The van der Waals surface area contributed by atoms with Crippen molar-refractivity contribution in [3.05, 3.63) is 106 Å². The quantitative estimate of drug-likeness (QED) is 0.343. The number of amides is 1. The molecule has 3 aromatic carbocycles. The highest BCUT2D eigenvalue weighted by atomic mass is 16.6. The topological polar surface area (TPSA) is 68.4 Å². The molecule has 2 heterocycles. The zero-order chi connectivity index (χ0) is 21.4. The van der Waals surface area contributed by atoms with E-state index in [0.717, 1.165) is 28.6 Å². The third-order valence-electron chi connectivity index (χ3n) is 5.93. The number of non-ortho nitro benzene ring substituents is 1. The molecule has 0 atom stereocenters. The number of benzene rings is 3. The van der Waals surface area contributed by atoms with E-state index < -0.39 is 0 Å². The van der Waals surface area contributed by atoms with Crippen LogP contribution in [0.5, 0.6) is 0 Å². The second-order valence-electron chi connectivity index (χ2n) is 7.72. The summed E-state index contributed by atoms with van der Waals surface area (Å²) in [5.74, 6) is -0.0561. The molecule has 6 nitrogen and oxygen atoms in total. The van der Waals surface area contributed by atoms with E-state index in [1.807, 2.05) is 53.1 Å². The maximum Gasteiger partial charge on any atom is 0.275 e. The molecule has 4 aromatic rings. The van der Waals surface area contributed by atoms with Crippen LogP contribution in [-0.4, -0.2) is 21.9 Å². The Morgan fingerprint density at radius 3 is 2.35 bits per heavy atom. The van der Waals surface area contributed by atoms with Crippen LogP contribution in [0.1, 0.15) is 21.6 Å². The SMILES string of the molecule is O=C1c2c(c3cc([N+](=O)[O-])ccc3n2CCc2ccccc2)CCN1c1ccccc1. The Kier molecular flexibility index (Phi) is 4.75. The van der Waals surface area contributed by atoms with Gasteiger partial charge in [-0.05, 0) is 42.2 Å². The fourth-order valence-corrected chi connectivity index (χ4v) is 4.45. The van der Waals surface area contributed by atoms with Crippen molar-refractivity contribution in [3.8, 4) is 0 Å². The van der Waals surface area contributed by atoms with Crippen LogP contribution in [0.25, 0.3) is 10.9 Å². The molecule has 31 heavy (non-hydrogen) atoms. The first-order chi connectivity index (χ1) is 15.1. The number of hydrogen-bond acceptors (Lipinski definition) is 3. The summed E-state index contributed by atoms with van der Waals surface area (Å²) in [5, 5.41) is 12.2. The maximum absolute atomic E-state index is 13.6. The zero-order valence-corrected chi connectivity index (χ0v) is 16.9. The van der Waals surface area contributed by atoms with Crippen LogP contribution in [0.4, 0.5) is 11.4 Å². The van der Waals surface area contributed by atoms with Crippen molar-refractivity contribution >= 4 is 28.2 Å². The van der Waals surface area contributed by atoms with Gasteiger partial charge >= 0.3 is 0 Å². The summed E-state index contributed by atoms with van der Waals surface area (Å²) in [5.41, 5.74) is 4.51. The number of nitro benzene ring substituents is 1. The van der Waals surface area contributed by atoms with E-state index in [1.165, 1.54) is 11.6 Å². The molecule has 1 aromatic heterocycles. The number of nitro groups is 1. The van der Waals surface area contributed by atoms with Crippen LogP contribution in [0.3, 0.4) is 0 Å². The molecule has 154 valence electrons. The predicted molar refractivity (Wildman–Crippen MR) is 121 cm³/mol. The highest BCUT2D eigenvalue weighted by molar-refractivity contribution is 6.11. The number of aryl methyl sites for hydroxylation is 2. The third kappa shape index (κ3) is 3.36. The maximum atomic E-state index is 13.6. The van der Waals surface area contributed by atoms with Crippen LogP contribution in [-0.2, 0) is 19.4 Å². The van der Waals surface area contributed by atoms with Gasteiger partial charge in [-0.25, -0.2) is 0 Å². The molecule has 0 spiro atoms. The Balaban J connectivity index is 1.63. The Hall–Kier alpha value is -3.93. The molecule has 0 fully saturated rings. The summed E-state index contributed by atoms with van der Waals surface area (Å²) in [6.45, 7) is 1.18. The highest BCUT2D eigenvalue weighted by Crippen LogP contribution is 2.35. The summed E-state index contributed by atoms with van der Waals surface area (Å²) in [7, 11) is 0. The Morgan fingerprint density at radius 1 is 0.935 bits per heavy atom. The van der Waals surface area contributed by atoms with Gasteiger partial charge in [0.05, 0.1) is 4.92 Å². The van der Waals surface area contributed by atoms with Gasteiger partial charge in [-0.3, -0.25) is 14.9 Å². The Morgan fingerprint density at radius 2 is 1.65 bits per heavy atom. The summed E-state index contributed by atoms with van der Waals surface area (Å²) in [6, 6.07) is 24.7. The molecule has 5 rings (SSSR count). The second kappa shape index (κ2) is 7.72. The monoisotopic (exact) mass is 411 g/mol. The van der Waals surface area contributed by atoms with E-state index in [0.29, 0.717) is 25.2 Å². The fraction of sp³-hybridized carbons (Fsp3) is 0.160. The van der Waals surface area contributed by atoms with Gasteiger partial charge in [-0.15, -0.1) is 0 Å². The number of aromatic nitrogens is 1. The van der Waals surface area contributed by atoms with Crippen molar-refractivity contribution in [1.29, 1.82) is 0 Å². The molecule has 6 heteroatoms. The van der Waals surface area contributed by atoms with Crippen LogP contribution in [0, 0.1) is 10.1 Å². The number of anilines is 1. The van der Waals surface area contributed by atoms with E-state index in [2.05, 4.69) is 12.1 Å². The largest absolute Gasteiger partial charge is 0.336 e. The molecule has 1 amide bonds. The number of rotatable bonds is 5. The summed E-state index contributed by atoms with van der Waals surface area (Å²) in [4.78, 5) is 26.4. The lowest BCUT2D eigenvalue weighted by atomic mass is 10.0. The van der Waals surface area contributed by atoms with Crippen molar-refractivity contribution in [3.63, 3.8) is 0 Å². The normalized spacial score (nSPS) is 13.4. The first-order valence-electron chi connectivity index (χ1n) is 10.3. The molecule has 0 saturated carbocycles. The van der Waals surface area contributed by atoms with E-state index in [4.69, 9.17) is 0 Å². The minimum atomic E-state index is -0.381. The Bertz CT molecular complexity index is 1280. The fourth-order valence-electron chi connectivity index (χ4n) is 4.45. The van der Waals surface area contributed by atoms with Gasteiger partial charge in [-0.2, -0.15) is 0 Å². The van der Waals surface area contributed by atoms with E-state index >= 15 is 0 Å². The van der Waals surface area contributed by atoms with E-state index in [1.54, 1.807) is 17.0 Å². The van der Waals surface area contributed by atoms with Crippen LogP contribution < -0.4 is 4.90 Å². The number of hydrogen-bond donors (Lipinski definition) is 0. The predicted octanol–water partition coefficient (Wildman–Crippen LogP) is 5.00. The minimum Gasteiger partial charge on any atom is -0.336 e. The van der Waals surface area contributed by atoms with Gasteiger partial charge < -0.3 is 9.47 Å². The van der Waals surface area contributed by atoms with Gasteiger partial charge in [0.15, 0.2) is 0 Å². The summed E-state index contributed by atoms with van der Waals surface area (Å²) < 4.78 is 2.04. The third-order valence-corrected chi connectivity index (χ3v) is 5.93. The highest BCUT2D eigenvalue weighted by Gasteiger charge is 2.32. The molecule has 0 bridgehead atoms. The van der Waals surface area contributed by atoms with Gasteiger partial charge in [0, 0.05) is 41.8 Å². The van der Waals surface area contributed by atoms with Crippen molar-refractivity contribution < 1.29 is 9.72 Å². The zero-order valence-electron chi connectivity index (χ0n) is 16.9. The van der Waals surface area contributed by atoms with Crippen molar-refractivity contribution in [2.75, 3.05) is 11.4 Å². The minimum absolute atomic E-state index is 0.0495. The summed E-state index contributed by atoms with van der Waals surface area (Å²) in [6.07, 6.45) is 1.43. The second-order valence-corrected chi connectivity index (χ2v) is 7.72. The van der Waals surface area contributed by atoms with Gasteiger partial charge in [0.2, 0.25) is 0 Å². The first kappa shape index (κ1) is 19.1. The van der Waals surface area contributed by atoms with Crippen molar-refractivity contribution in [2.24, 2.45) is 0 Å². The number of nitrogens with zero attached hydrogens (tertiary/aromatic N) is 3. The Labute approximate surface area is 179 Å². The van der Waals surface area contributed by atoms with Crippen molar-refractivity contribution in [2.45, 2.75) is 19.4 Å². The molecule has 0 saturated heterocycles. The van der Waals surface area contributed by atoms with Gasteiger partial charge in [0.1, 0.15) is 5.69 Å². The molecule has 0 N–H and O–H groups in total. The standard InChI is InChI=1S/C25H21N3O3/c29-25-24-21(14-16-26(25)19-9-5-2-6-10-19)22-17-20(28(30)31)11-12-23(22)27(24)15-13-18-7-3-1-4-8-18/h1-12,17H,13-16H2. The molecular formula is C25H21N3O3. The average Bonchev–Trinajstić information content (AvgIpc) is 3.13. The van der Waals surface area contributed by atoms with E-state index in [9.17, 15) is 14.9 Å². The lowest BCUT2D eigenvalue weighted by Crippen LogP contribution is -2.38. The smallest absolute Gasteiger partial charge is 0.275 e. The molecule has 0 aliphatic carbocycles. The number of para-hydroxylation sites is 1. The molecule has 0 unspecified atom stereocenters. The number of fused-ring (bicyclic) bond motifs is 3. The van der Waals surface area contributed by atoms with Gasteiger partial charge in [0.25, 0.3) is 11.6 Å². The number of carbonyl (C=O) groups excluding carboxylic acids is 1. The lowest BCUT2D eigenvalue weighted by Gasteiger charge is -2.28. The lowest BCUT2D eigenvalue weighted by molar-refractivity contribution is -0.384. The van der Waals surface area contributed by atoms with Crippen LogP contribution >= 0.6 is 0 Å².